The van der Waals surface area contributed by atoms with Crippen LogP contribution in [0.25, 0.3) is 0 Å². The van der Waals surface area contributed by atoms with Gasteiger partial charge in [0.25, 0.3) is 0 Å². The van der Waals surface area contributed by atoms with E-state index in [2.05, 4.69) is 17.4 Å². The van der Waals surface area contributed by atoms with Crippen LogP contribution in [0.4, 0.5) is 0 Å². The highest BCUT2D eigenvalue weighted by molar-refractivity contribution is 5.79. The maximum Gasteiger partial charge on any atom is 0.132 e. The highest BCUT2D eigenvalue weighted by Crippen LogP contribution is 2.33. The van der Waals surface area contributed by atoms with Crippen molar-refractivity contribution < 1.29 is 9.53 Å². The van der Waals surface area contributed by atoms with E-state index >= 15 is 0 Å². The highest BCUT2D eigenvalue weighted by Gasteiger charge is 2.26. The molecule has 0 spiro atoms. The number of carbonyl (C=O) groups excluding carboxylic acids is 1. The summed E-state index contributed by atoms with van der Waals surface area (Å²) in [6.07, 6.45) is 3.47. The number of rotatable bonds is 5. The van der Waals surface area contributed by atoms with Crippen molar-refractivity contribution in [1.82, 2.24) is 5.32 Å². The van der Waals surface area contributed by atoms with Gasteiger partial charge in [0.2, 0.25) is 0 Å². The normalized spacial score (nSPS) is 18.3. The van der Waals surface area contributed by atoms with Gasteiger partial charge in [-0.25, -0.2) is 0 Å². The van der Waals surface area contributed by atoms with Crippen molar-refractivity contribution in [2.45, 2.75) is 38.6 Å². The van der Waals surface area contributed by atoms with Crippen LogP contribution in [0.2, 0.25) is 0 Å². The van der Waals surface area contributed by atoms with Crippen molar-refractivity contribution in [3.8, 4) is 5.75 Å². The molecule has 0 amide bonds. The Hall–Kier alpha value is -1.35. The number of carbonyl (C=O) groups is 1. The molecule has 0 saturated heterocycles. The van der Waals surface area contributed by atoms with Crippen molar-refractivity contribution in [2.24, 2.45) is 5.92 Å². The van der Waals surface area contributed by atoms with Gasteiger partial charge in [-0.3, -0.25) is 4.79 Å². The zero-order valence-electron chi connectivity index (χ0n) is 11.8. The van der Waals surface area contributed by atoms with Crippen LogP contribution in [0.15, 0.2) is 24.3 Å². The number of Topliss-reactive ketones (excluding diaryl/α,β-unsaturated/α-hetero) is 1. The van der Waals surface area contributed by atoms with Crippen LogP contribution < -0.4 is 10.1 Å². The minimum absolute atomic E-state index is 0.337. The van der Waals surface area contributed by atoms with E-state index in [0.717, 1.165) is 31.4 Å². The number of ketones is 1. The third-order valence-corrected chi connectivity index (χ3v) is 3.92. The molecule has 0 aliphatic heterocycles. The summed E-state index contributed by atoms with van der Waals surface area (Å²) in [5.74, 6) is 1.89. The standard InChI is InChI=1S/C16H23NO2/c1-3-19-15-10-6-13(7-11-15)16(17-2)12-4-8-14(18)9-5-12/h6-7,10-12,16-17H,3-5,8-9H2,1-2H3. The lowest BCUT2D eigenvalue weighted by atomic mass is 9.80. The Bertz CT molecular complexity index is 403. The molecular formula is C16H23NO2. The second kappa shape index (κ2) is 6.71. The molecule has 0 radical (unpaired) electrons. The summed E-state index contributed by atoms with van der Waals surface area (Å²) in [6, 6.07) is 8.64. The molecule has 0 aromatic heterocycles. The monoisotopic (exact) mass is 261 g/mol. The molecule has 1 unspecified atom stereocenters. The van der Waals surface area contributed by atoms with E-state index in [-0.39, 0.29) is 0 Å². The molecule has 1 aromatic rings. The summed E-state index contributed by atoms with van der Waals surface area (Å²) in [6.45, 7) is 2.68. The maximum absolute atomic E-state index is 11.3. The number of hydrogen-bond donors (Lipinski definition) is 1. The Morgan fingerprint density at radius 3 is 2.42 bits per heavy atom. The second-order valence-corrected chi connectivity index (χ2v) is 5.14. The van der Waals surface area contributed by atoms with E-state index in [0.29, 0.717) is 24.3 Å². The van der Waals surface area contributed by atoms with Gasteiger partial charge in [0.05, 0.1) is 6.61 Å². The number of nitrogens with one attached hydrogen (secondary N) is 1. The molecule has 19 heavy (non-hydrogen) atoms. The fourth-order valence-corrected chi connectivity index (χ4v) is 2.91. The molecule has 2 rings (SSSR count). The summed E-state index contributed by atoms with van der Waals surface area (Å²) in [4.78, 5) is 11.3. The van der Waals surface area contributed by atoms with E-state index in [9.17, 15) is 4.79 Å². The van der Waals surface area contributed by atoms with Gasteiger partial charge in [-0.2, -0.15) is 0 Å². The molecule has 1 aromatic carbocycles. The number of benzene rings is 1. The third kappa shape index (κ3) is 3.57. The van der Waals surface area contributed by atoms with Crippen LogP contribution in [0.1, 0.15) is 44.2 Å². The summed E-state index contributed by atoms with van der Waals surface area (Å²) in [7, 11) is 2.00. The van der Waals surface area contributed by atoms with E-state index in [1.807, 2.05) is 26.1 Å². The first-order valence-corrected chi connectivity index (χ1v) is 7.16. The van der Waals surface area contributed by atoms with Crippen molar-refractivity contribution >= 4 is 5.78 Å². The van der Waals surface area contributed by atoms with Crippen LogP contribution in [0, 0.1) is 5.92 Å². The maximum atomic E-state index is 11.3. The summed E-state index contributed by atoms with van der Waals surface area (Å²) < 4.78 is 5.47. The van der Waals surface area contributed by atoms with Crippen molar-refractivity contribution in [3.63, 3.8) is 0 Å². The topological polar surface area (TPSA) is 38.3 Å². The van der Waals surface area contributed by atoms with Gasteiger partial charge in [0.1, 0.15) is 11.5 Å². The molecule has 0 bridgehead atoms. The van der Waals surface area contributed by atoms with Crippen molar-refractivity contribution in [3.05, 3.63) is 29.8 Å². The fourth-order valence-electron chi connectivity index (χ4n) is 2.91. The largest absolute Gasteiger partial charge is 0.494 e. The van der Waals surface area contributed by atoms with Gasteiger partial charge in [-0.15, -0.1) is 0 Å². The van der Waals surface area contributed by atoms with Crippen LogP contribution in [0.3, 0.4) is 0 Å². The predicted molar refractivity (Wildman–Crippen MR) is 76.4 cm³/mol. The Morgan fingerprint density at radius 2 is 1.89 bits per heavy atom. The van der Waals surface area contributed by atoms with Crippen LogP contribution in [-0.2, 0) is 4.79 Å². The molecule has 1 aliphatic carbocycles. The smallest absolute Gasteiger partial charge is 0.132 e. The molecule has 104 valence electrons. The predicted octanol–water partition coefficient (Wildman–Crippen LogP) is 3.11. The minimum atomic E-state index is 0.337. The SMILES string of the molecule is CCOc1ccc(C(NC)C2CCC(=O)CC2)cc1. The molecule has 1 fully saturated rings. The average Bonchev–Trinajstić information content (AvgIpc) is 2.44. The van der Waals surface area contributed by atoms with Crippen LogP contribution in [0.5, 0.6) is 5.75 Å². The van der Waals surface area contributed by atoms with Crippen molar-refractivity contribution in [2.75, 3.05) is 13.7 Å². The molecule has 3 heteroatoms. The lowest BCUT2D eigenvalue weighted by molar-refractivity contribution is -0.121. The highest BCUT2D eigenvalue weighted by atomic mass is 16.5. The second-order valence-electron chi connectivity index (χ2n) is 5.14. The summed E-state index contributed by atoms with van der Waals surface area (Å²) >= 11 is 0. The van der Waals surface area contributed by atoms with E-state index in [1.165, 1.54) is 5.56 Å². The zero-order chi connectivity index (χ0) is 13.7. The minimum Gasteiger partial charge on any atom is -0.494 e. The van der Waals surface area contributed by atoms with Gasteiger partial charge in [-0.1, -0.05) is 12.1 Å². The zero-order valence-corrected chi connectivity index (χ0v) is 11.8. The average molecular weight is 261 g/mol. The van der Waals surface area contributed by atoms with E-state index in [1.54, 1.807) is 0 Å². The summed E-state index contributed by atoms with van der Waals surface area (Å²) in [5.41, 5.74) is 1.28. The van der Waals surface area contributed by atoms with Gasteiger partial charge in [-0.05, 0) is 50.4 Å². The molecule has 1 saturated carbocycles. The first kappa shape index (κ1) is 14.1. The Morgan fingerprint density at radius 1 is 1.26 bits per heavy atom. The molecule has 1 N–H and O–H groups in total. The number of hydrogen-bond acceptors (Lipinski definition) is 3. The van der Waals surface area contributed by atoms with Crippen LogP contribution >= 0.6 is 0 Å². The van der Waals surface area contributed by atoms with Crippen molar-refractivity contribution in [1.29, 1.82) is 0 Å². The fraction of sp³-hybridized carbons (Fsp3) is 0.562. The Labute approximate surface area is 115 Å². The first-order chi connectivity index (χ1) is 9.24. The lowest BCUT2D eigenvalue weighted by Crippen LogP contribution is -2.28. The quantitative estimate of drug-likeness (QED) is 0.885. The van der Waals surface area contributed by atoms with E-state index < -0.39 is 0 Å². The van der Waals surface area contributed by atoms with E-state index in [4.69, 9.17) is 4.74 Å². The Balaban J connectivity index is 2.06. The summed E-state index contributed by atoms with van der Waals surface area (Å²) in [5, 5.41) is 3.40. The molecule has 3 nitrogen and oxygen atoms in total. The third-order valence-electron chi connectivity index (χ3n) is 3.92. The molecular weight excluding hydrogens is 238 g/mol. The Kier molecular flexibility index (Phi) is 4.97. The molecule has 1 atom stereocenters. The van der Waals surface area contributed by atoms with Gasteiger partial charge >= 0.3 is 0 Å². The lowest BCUT2D eigenvalue weighted by Gasteiger charge is -2.30. The molecule has 1 aliphatic rings. The van der Waals surface area contributed by atoms with Crippen LogP contribution in [-0.4, -0.2) is 19.4 Å². The molecule has 0 heterocycles. The van der Waals surface area contributed by atoms with Gasteiger partial charge in [0, 0.05) is 18.9 Å². The van der Waals surface area contributed by atoms with Gasteiger partial charge < -0.3 is 10.1 Å². The first-order valence-electron chi connectivity index (χ1n) is 7.16. The number of ether oxygens (including phenoxy) is 1. The van der Waals surface area contributed by atoms with Gasteiger partial charge in [0.15, 0.2) is 0 Å².